The van der Waals surface area contributed by atoms with Crippen molar-refractivity contribution < 1.29 is 27.2 Å². The van der Waals surface area contributed by atoms with Crippen molar-refractivity contribution in [3.8, 4) is 0 Å². The van der Waals surface area contributed by atoms with Gasteiger partial charge in [-0.2, -0.15) is 13.2 Å². The SMILES string of the molecule is O=C(NCc1ccco1)c1ccc(C(=O)Nc2cccc(C(F)(F)F)c2)cc1. The molecule has 1 heterocycles. The van der Waals surface area contributed by atoms with Gasteiger partial charge in [0.2, 0.25) is 0 Å². The van der Waals surface area contributed by atoms with E-state index in [9.17, 15) is 22.8 Å². The number of anilines is 1. The minimum atomic E-state index is -4.49. The Morgan fingerprint density at radius 1 is 0.893 bits per heavy atom. The molecular formula is C20H15F3N2O3. The number of furan rings is 1. The number of benzene rings is 2. The molecule has 0 atom stereocenters. The standard InChI is InChI=1S/C20H15F3N2O3/c21-20(22,23)15-3-1-4-16(11-15)25-19(27)14-8-6-13(7-9-14)18(26)24-12-17-5-2-10-28-17/h1-11H,12H2,(H,24,26)(H,25,27). The van der Waals surface area contributed by atoms with E-state index in [2.05, 4.69) is 10.6 Å². The van der Waals surface area contributed by atoms with E-state index in [4.69, 9.17) is 4.42 Å². The molecule has 0 unspecified atom stereocenters. The van der Waals surface area contributed by atoms with Gasteiger partial charge in [0.1, 0.15) is 5.76 Å². The highest BCUT2D eigenvalue weighted by molar-refractivity contribution is 6.05. The second kappa shape index (κ2) is 7.99. The van der Waals surface area contributed by atoms with Crippen LogP contribution in [-0.4, -0.2) is 11.8 Å². The highest BCUT2D eigenvalue weighted by Gasteiger charge is 2.30. The average Bonchev–Trinajstić information content (AvgIpc) is 3.19. The molecule has 2 N–H and O–H groups in total. The van der Waals surface area contributed by atoms with Gasteiger partial charge in [-0.15, -0.1) is 0 Å². The van der Waals surface area contributed by atoms with Crippen molar-refractivity contribution in [3.05, 3.63) is 89.4 Å². The van der Waals surface area contributed by atoms with Crippen LogP contribution in [0.25, 0.3) is 0 Å². The molecule has 8 heteroatoms. The molecule has 3 aromatic rings. The molecule has 1 aromatic heterocycles. The predicted molar refractivity (Wildman–Crippen MR) is 95.7 cm³/mol. The third-order valence-corrected chi connectivity index (χ3v) is 3.86. The maximum absolute atomic E-state index is 12.7. The molecule has 0 spiro atoms. The molecule has 2 aromatic carbocycles. The van der Waals surface area contributed by atoms with Gasteiger partial charge in [0.05, 0.1) is 18.4 Å². The first kappa shape index (κ1) is 19.2. The number of hydrogen-bond donors (Lipinski definition) is 2. The topological polar surface area (TPSA) is 71.3 Å². The van der Waals surface area contributed by atoms with E-state index in [1.54, 1.807) is 12.1 Å². The van der Waals surface area contributed by atoms with Crippen LogP contribution in [0.1, 0.15) is 32.0 Å². The average molecular weight is 388 g/mol. The van der Waals surface area contributed by atoms with Crippen LogP contribution >= 0.6 is 0 Å². The summed E-state index contributed by atoms with van der Waals surface area (Å²) in [5.41, 5.74) is -0.281. The van der Waals surface area contributed by atoms with Crippen molar-refractivity contribution in [2.75, 3.05) is 5.32 Å². The lowest BCUT2D eigenvalue weighted by Crippen LogP contribution is -2.22. The Morgan fingerprint density at radius 3 is 2.18 bits per heavy atom. The van der Waals surface area contributed by atoms with E-state index in [1.807, 2.05) is 0 Å². The molecule has 5 nitrogen and oxygen atoms in total. The number of rotatable bonds is 5. The maximum Gasteiger partial charge on any atom is 0.416 e. The number of alkyl halides is 3. The van der Waals surface area contributed by atoms with E-state index in [-0.39, 0.29) is 23.7 Å². The third kappa shape index (κ3) is 4.79. The monoisotopic (exact) mass is 388 g/mol. The summed E-state index contributed by atoms with van der Waals surface area (Å²) in [6, 6.07) is 13.5. The zero-order valence-corrected chi connectivity index (χ0v) is 14.4. The molecule has 28 heavy (non-hydrogen) atoms. The van der Waals surface area contributed by atoms with Crippen LogP contribution in [0, 0.1) is 0 Å². The van der Waals surface area contributed by atoms with Gasteiger partial charge in [-0.1, -0.05) is 6.07 Å². The van der Waals surface area contributed by atoms with Gasteiger partial charge in [0, 0.05) is 16.8 Å². The van der Waals surface area contributed by atoms with Crippen LogP contribution < -0.4 is 10.6 Å². The Kier molecular flexibility index (Phi) is 5.49. The summed E-state index contributed by atoms with van der Waals surface area (Å²) < 4.78 is 43.4. The fourth-order valence-electron chi connectivity index (χ4n) is 2.43. The Morgan fingerprint density at radius 2 is 1.57 bits per heavy atom. The molecule has 0 fully saturated rings. The van der Waals surface area contributed by atoms with Gasteiger partial charge >= 0.3 is 6.18 Å². The van der Waals surface area contributed by atoms with Crippen molar-refractivity contribution in [2.24, 2.45) is 0 Å². The van der Waals surface area contributed by atoms with Crippen LogP contribution in [0.4, 0.5) is 18.9 Å². The summed E-state index contributed by atoms with van der Waals surface area (Å²) in [4.78, 5) is 24.3. The Hall–Kier alpha value is -3.55. The van der Waals surface area contributed by atoms with Crippen molar-refractivity contribution in [1.82, 2.24) is 5.32 Å². The van der Waals surface area contributed by atoms with Crippen LogP contribution in [0.3, 0.4) is 0 Å². The summed E-state index contributed by atoms with van der Waals surface area (Å²) in [5.74, 6) is -0.325. The first-order chi connectivity index (χ1) is 13.3. The summed E-state index contributed by atoms with van der Waals surface area (Å²) in [7, 11) is 0. The summed E-state index contributed by atoms with van der Waals surface area (Å²) in [5, 5.41) is 5.08. The summed E-state index contributed by atoms with van der Waals surface area (Å²) in [6.07, 6.45) is -3.00. The molecule has 144 valence electrons. The lowest BCUT2D eigenvalue weighted by Gasteiger charge is -2.10. The molecule has 0 saturated heterocycles. The minimum absolute atomic E-state index is 0.0279. The van der Waals surface area contributed by atoms with E-state index in [0.717, 1.165) is 12.1 Å². The van der Waals surface area contributed by atoms with Gasteiger partial charge in [0.25, 0.3) is 11.8 Å². The number of amides is 2. The molecule has 2 amide bonds. The molecule has 0 bridgehead atoms. The van der Waals surface area contributed by atoms with Crippen molar-refractivity contribution >= 4 is 17.5 Å². The maximum atomic E-state index is 12.7. The number of halogens is 3. The van der Waals surface area contributed by atoms with Gasteiger partial charge in [-0.25, -0.2) is 0 Å². The molecule has 0 aliphatic rings. The van der Waals surface area contributed by atoms with E-state index in [0.29, 0.717) is 11.3 Å². The number of carbonyl (C=O) groups excluding carboxylic acids is 2. The quantitative estimate of drug-likeness (QED) is 0.677. The van der Waals surface area contributed by atoms with Crippen LogP contribution in [-0.2, 0) is 12.7 Å². The Labute approximate surface area is 158 Å². The lowest BCUT2D eigenvalue weighted by molar-refractivity contribution is -0.137. The Balaban J connectivity index is 1.63. The van der Waals surface area contributed by atoms with E-state index in [1.165, 1.54) is 42.7 Å². The zero-order valence-electron chi connectivity index (χ0n) is 14.4. The second-order valence-corrected chi connectivity index (χ2v) is 5.87. The molecule has 3 rings (SSSR count). The van der Waals surface area contributed by atoms with E-state index >= 15 is 0 Å². The fourth-order valence-corrected chi connectivity index (χ4v) is 2.43. The molecule has 0 aliphatic carbocycles. The highest BCUT2D eigenvalue weighted by Crippen LogP contribution is 2.30. The third-order valence-electron chi connectivity index (χ3n) is 3.86. The number of hydrogen-bond acceptors (Lipinski definition) is 3. The fraction of sp³-hybridized carbons (Fsp3) is 0.100. The lowest BCUT2D eigenvalue weighted by atomic mass is 10.1. The second-order valence-electron chi connectivity index (χ2n) is 5.87. The first-order valence-corrected chi connectivity index (χ1v) is 8.22. The number of nitrogens with one attached hydrogen (secondary N) is 2. The van der Waals surface area contributed by atoms with Crippen LogP contribution in [0.2, 0.25) is 0 Å². The zero-order chi connectivity index (χ0) is 20.1. The predicted octanol–water partition coefficient (Wildman–Crippen LogP) is 4.48. The largest absolute Gasteiger partial charge is 0.467 e. The molecule has 0 radical (unpaired) electrons. The minimum Gasteiger partial charge on any atom is -0.467 e. The Bertz CT molecular complexity index is 965. The first-order valence-electron chi connectivity index (χ1n) is 8.22. The van der Waals surface area contributed by atoms with Gasteiger partial charge in [-0.05, 0) is 54.6 Å². The molecule has 0 saturated carbocycles. The van der Waals surface area contributed by atoms with Crippen molar-refractivity contribution in [2.45, 2.75) is 12.7 Å². The normalized spacial score (nSPS) is 11.1. The van der Waals surface area contributed by atoms with Crippen LogP contribution in [0.15, 0.2) is 71.3 Å². The summed E-state index contributed by atoms with van der Waals surface area (Å²) >= 11 is 0. The van der Waals surface area contributed by atoms with Crippen molar-refractivity contribution in [3.63, 3.8) is 0 Å². The van der Waals surface area contributed by atoms with Crippen LogP contribution in [0.5, 0.6) is 0 Å². The number of carbonyl (C=O) groups is 2. The van der Waals surface area contributed by atoms with Gasteiger partial charge in [-0.3, -0.25) is 9.59 Å². The highest BCUT2D eigenvalue weighted by atomic mass is 19.4. The smallest absolute Gasteiger partial charge is 0.416 e. The molecule has 0 aliphatic heterocycles. The van der Waals surface area contributed by atoms with E-state index < -0.39 is 17.6 Å². The molecular weight excluding hydrogens is 373 g/mol. The van der Waals surface area contributed by atoms with Gasteiger partial charge < -0.3 is 15.1 Å². The summed E-state index contributed by atoms with van der Waals surface area (Å²) in [6.45, 7) is 0.226. The van der Waals surface area contributed by atoms with Crippen molar-refractivity contribution in [1.29, 1.82) is 0 Å². The van der Waals surface area contributed by atoms with Gasteiger partial charge in [0.15, 0.2) is 0 Å².